The molecule has 0 bridgehead atoms. The molecule has 0 aliphatic rings. The average molecular weight is 343 g/mol. The van der Waals surface area contributed by atoms with Crippen LogP contribution in [0, 0.1) is 6.92 Å². The third-order valence-corrected chi connectivity index (χ3v) is 5.23. The van der Waals surface area contributed by atoms with Crippen LogP contribution in [-0.4, -0.2) is 17.6 Å². The standard InChI is InChI=1S/C18H17NO2S2/c1-12-2-4-13(5-3-12)15-7-9-23-17(15)18(21)19-10-16(20)14-6-8-22-11-14/h2-9,11,16,20H,10H2,1H3,(H,19,21). The zero-order chi connectivity index (χ0) is 16.2. The monoisotopic (exact) mass is 343 g/mol. The molecule has 2 N–H and O–H groups in total. The maximum Gasteiger partial charge on any atom is 0.262 e. The Bertz CT molecular complexity index is 776. The number of amides is 1. The van der Waals surface area contributed by atoms with Crippen molar-refractivity contribution in [3.63, 3.8) is 0 Å². The number of rotatable bonds is 5. The molecule has 1 amide bonds. The highest BCUT2D eigenvalue weighted by atomic mass is 32.1. The van der Waals surface area contributed by atoms with Gasteiger partial charge in [0.05, 0.1) is 11.0 Å². The van der Waals surface area contributed by atoms with Crippen LogP contribution in [-0.2, 0) is 0 Å². The number of hydrogen-bond acceptors (Lipinski definition) is 4. The maximum atomic E-state index is 12.4. The summed E-state index contributed by atoms with van der Waals surface area (Å²) in [5, 5.41) is 18.6. The molecule has 3 nitrogen and oxygen atoms in total. The average Bonchev–Trinajstić information content (AvgIpc) is 3.24. The van der Waals surface area contributed by atoms with Gasteiger partial charge in [-0.1, -0.05) is 29.8 Å². The van der Waals surface area contributed by atoms with Gasteiger partial charge in [0.15, 0.2) is 0 Å². The van der Waals surface area contributed by atoms with E-state index in [1.54, 1.807) is 0 Å². The van der Waals surface area contributed by atoms with Crippen LogP contribution in [0.5, 0.6) is 0 Å². The SMILES string of the molecule is Cc1ccc(-c2ccsc2C(=O)NCC(O)c2ccsc2)cc1. The zero-order valence-corrected chi connectivity index (χ0v) is 14.3. The summed E-state index contributed by atoms with van der Waals surface area (Å²) in [6, 6.07) is 11.9. The first kappa shape index (κ1) is 15.9. The van der Waals surface area contributed by atoms with Crippen molar-refractivity contribution in [2.75, 3.05) is 6.54 Å². The molecular formula is C18H17NO2S2. The van der Waals surface area contributed by atoms with Gasteiger partial charge in [0.2, 0.25) is 0 Å². The number of aliphatic hydroxyl groups is 1. The summed E-state index contributed by atoms with van der Waals surface area (Å²) in [6.45, 7) is 2.25. The number of carbonyl (C=O) groups excluding carboxylic acids is 1. The van der Waals surface area contributed by atoms with Gasteiger partial charge in [-0.25, -0.2) is 0 Å². The van der Waals surface area contributed by atoms with Crippen molar-refractivity contribution >= 4 is 28.6 Å². The van der Waals surface area contributed by atoms with Crippen LogP contribution in [0.3, 0.4) is 0 Å². The molecule has 0 radical (unpaired) electrons. The number of nitrogens with one attached hydrogen (secondary N) is 1. The molecule has 0 saturated carbocycles. The lowest BCUT2D eigenvalue weighted by Gasteiger charge is -2.11. The first-order valence-electron chi connectivity index (χ1n) is 7.28. The first-order chi connectivity index (χ1) is 11.1. The summed E-state index contributed by atoms with van der Waals surface area (Å²) in [5.74, 6) is -0.148. The summed E-state index contributed by atoms with van der Waals surface area (Å²) in [4.78, 5) is 13.1. The van der Waals surface area contributed by atoms with E-state index in [0.29, 0.717) is 4.88 Å². The van der Waals surface area contributed by atoms with Crippen molar-refractivity contribution in [3.05, 3.63) is 68.5 Å². The molecule has 2 heterocycles. The molecular weight excluding hydrogens is 326 g/mol. The minimum Gasteiger partial charge on any atom is -0.387 e. The Hall–Kier alpha value is -1.95. The van der Waals surface area contributed by atoms with Crippen molar-refractivity contribution in [3.8, 4) is 11.1 Å². The molecule has 0 aliphatic heterocycles. The predicted molar refractivity (Wildman–Crippen MR) is 96.1 cm³/mol. The van der Waals surface area contributed by atoms with Crippen molar-refractivity contribution < 1.29 is 9.90 Å². The molecule has 3 rings (SSSR count). The Morgan fingerprint density at radius 1 is 1.17 bits per heavy atom. The molecule has 1 atom stereocenters. The molecule has 0 saturated heterocycles. The molecule has 23 heavy (non-hydrogen) atoms. The fourth-order valence-corrected chi connectivity index (χ4v) is 3.84. The predicted octanol–water partition coefficient (Wildman–Crippen LogP) is 4.25. The molecule has 118 valence electrons. The number of benzene rings is 1. The highest BCUT2D eigenvalue weighted by molar-refractivity contribution is 7.12. The molecule has 1 unspecified atom stereocenters. The van der Waals surface area contributed by atoms with Gasteiger partial charge >= 0.3 is 0 Å². The zero-order valence-electron chi connectivity index (χ0n) is 12.7. The second kappa shape index (κ2) is 7.08. The third-order valence-electron chi connectivity index (χ3n) is 3.62. The molecule has 0 spiro atoms. The minimum atomic E-state index is -0.673. The molecule has 1 aromatic carbocycles. The van der Waals surface area contributed by atoms with Gasteiger partial charge in [0, 0.05) is 12.1 Å². The Morgan fingerprint density at radius 3 is 2.65 bits per heavy atom. The van der Waals surface area contributed by atoms with Gasteiger partial charge in [-0.3, -0.25) is 4.79 Å². The van der Waals surface area contributed by atoms with Crippen molar-refractivity contribution in [1.29, 1.82) is 0 Å². The highest BCUT2D eigenvalue weighted by Crippen LogP contribution is 2.28. The molecule has 0 aliphatic carbocycles. The van der Waals surface area contributed by atoms with E-state index >= 15 is 0 Å². The number of aliphatic hydroxyl groups excluding tert-OH is 1. The molecule has 5 heteroatoms. The van der Waals surface area contributed by atoms with Gasteiger partial charge in [-0.2, -0.15) is 11.3 Å². The smallest absolute Gasteiger partial charge is 0.262 e. The number of aryl methyl sites for hydroxylation is 1. The van der Waals surface area contributed by atoms with Gasteiger partial charge in [0.1, 0.15) is 0 Å². The Kier molecular flexibility index (Phi) is 4.91. The van der Waals surface area contributed by atoms with Crippen molar-refractivity contribution in [2.45, 2.75) is 13.0 Å². The summed E-state index contributed by atoms with van der Waals surface area (Å²) < 4.78 is 0. The summed E-state index contributed by atoms with van der Waals surface area (Å²) in [6.07, 6.45) is -0.673. The van der Waals surface area contributed by atoms with Crippen LogP contribution in [0.1, 0.15) is 26.9 Å². The van der Waals surface area contributed by atoms with Crippen LogP contribution in [0.4, 0.5) is 0 Å². The van der Waals surface area contributed by atoms with Gasteiger partial charge < -0.3 is 10.4 Å². The Morgan fingerprint density at radius 2 is 1.96 bits per heavy atom. The van der Waals surface area contributed by atoms with E-state index in [4.69, 9.17) is 0 Å². The summed E-state index contributed by atoms with van der Waals surface area (Å²) >= 11 is 2.94. The van der Waals surface area contributed by atoms with E-state index in [-0.39, 0.29) is 12.5 Å². The molecule has 2 aromatic heterocycles. The topological polar surface area (TPSA) is 49.3 Å². The van der Waals surface area contributed by atoms with E-state index in [2.05, 4.69) is 5.32 Å². The second-order valence-electron chi connectivity index (χ2n) is 5.31. The normalized spacial score (nSPS) is 12.1. The maximum absolute atomic E-state index is 12.4. The fourth-order valence-electron chi connectivity index (χ4n) is 2.30. The largest absolute Gasteiger partial charge is 0.387 e. The molecule has 0 fully saturated rings. The second-order valence-corrected chi connectivity index (χ2v) is 7.01. The third kappa shape index (κ3) is 3.69. The quantitative estimate of drug-likeness (QED) is 0.728. The highest BCUT2D eigenvalue weighted by Gasteiger charge is 2.16. The Balaban J connectivity index is 1.71. The summed E-state index contributed by atoms with van der Waals surface area (Å²) in [5.41, 5.74) is 3.98. The Labute approximate surface area is 143 Å². The number of hydrogen-bond donors (Lipinski definition) is 2. The van der Waals surface area contributed by atoms with E-state index in [0.717, 1.165) is 16.7 Å². The van der Waals surface area contributed by atoms with E-state index < -0.39 is 6.10 Å². The first-order valence-corrected chi connectivity index (χ1v) is 9.10. The van der Waals surface area contributed by atoms with Crippen LogP contribution in [0.2, 0.25) is 0 Å². The number of thiophene rings is 2. The van der Waals surface area contributed by atoms with Gasteiger partial charge in [-0.15, -0.1) is 11.3 Å². The van der Waals surface area contributed by atoms with Crippen LogP contribution >= 0.6 is 22.7 Å². The van der Waals surface area contributed by atoms with Gasteiger partial charge in [0.25, 0.3) is 5.91 Å². The lowest BCUT2D eigenvalue weighted by molar-refractivity contribution is 0.0921. The summed E-state index contributed by atoms with van der Waals surface area (Å²) in [7, 11) is 0. The van der Waals surface area contributed by atoms with Crippen molar-refractivity contribution in [2.24, 2.45) is 0 Å². The lowest BCUT2D eigenvalue weighted by atomic mass is 10.0. The van der Waals surface area contributed by atoms with Crippen LogP contribution < -0.4 is 5.32 Å². The van der Waals surface area contributed by atoms with E-state index in [1.165, 1.54) is 28.2 Å². The van der Waals surface area contributed by atoms with E-state index in [9.17, 15) is 9.90 Å². The lowest BCUT2D eigenvalue weighted by Crippen LogP contribution is -2.27. The fraction of sp³-hybridized carbons (Fsp3) is 0.167. The number of carbonyl (C=O) groups is 1. The van der Waals surface area contributed by atoms with Crippen molar-refractivity contribution in [1.82, 2.24) is 5.32 Å². The van der Waals surface area contributed by atoms with E-state index in [1.807, 2.05) is 59.5 Å². The molecule has 3 aromatic rings. The van der Waals surface area contributed by atoms with Gasteiger partial charge in [-0.05, 0) is 46.3 Å². The van der Waals surface area contributed by atoms with Crippen LogP contribution in [0.25, 0.3) is 11.1 Å². The van der Waals surface area contributed by atoms with Crippen LogP contribution in [0.15, 0.2) is 52.5 Å². The minimum absolute atomic E-state index is 0.148.